The molecule has 0 aliphatic carbocycles. The number of benzene rings is 1. The van der Waals surface area contributed by atoms with Crippen molar-refractivity contribution in [2.75, 3.05) is 5.43 Å². The Balaban J connectivity index is 2.11. The zero-order valence-corrected chi connectivity index (χ0v) is 9.05. The second-order valence-electron chi connectivity index (χ2n) is 3.43. The van der Waals surface area contributed by atoms with E-state index in [1.807, 2.05) is 36.4 Å². The fraction of sp³-hybridized carbons (Fsp3) is 0. The first-order valence-corrected chi connectivity index (χ1v) is 5.07. The van der Waals surface area contributed by atoms with Crippen LogP contribution < -0.4 is 16.6 Å². The molecule has 0 radical (unpaired) electrons. The summed E-state index contributed by atoms with van der Waals surface area (Å²) in [4.78, 5) is 14.6. The standard InChI is InChI=1S/C12H12N4O/c13-12(17)16-15-11-5-3-9(4-6-11)10-2-1-7-14-8-10/h1-8,15H,(H3,13,16,17). The summed E-state index contributed by atoms with van der Waals surface area (Å²) >= 11 is 0. The van der Waals surface area contributed by atoms with Gasteiger partial charge in [-0.3, -0.25) is 15.8 Å². The van der Waals surface area contributed by atoms with Crippen molar-refractivity contribution in [3.63, 3.8) is 0 Å². The van der Waals surface area contributed by atoms with E-state index in [1.165, 1.54) is 0 Å². The lowest BCUT2D eigenvalue weighted by Crippen LogP contribution is -2.34. The Morgan fingerprint density at radius 2 is 1.88 bits per heavy atom. The van der Waals surface area contributed by atoms with Crippen molar-refractivity contribution in [3.05, 3.63) is 48.8 Å². The van der Waals surface area contributed by atoms with Crippen LogP contribution in [0.4, 0.5) is 10.5 Å². The number of hydrogen-bond acceptors (Lipinski definition) is 3. The molecule has 0 spiro atoms. The normalized spacial score (nSPS) is 9.65. The number of hydrogen-bond donors (Lipinski definition) is 3. The molecule has 0 bridgehead atoms. The van der Waals surface area contributed by atoms with Crippen molar-refractivity contribution in [1.29, 1.82) is 0 Å². The molecule has 0 unspecified atom stereocenters. The Bertz CT molecular complexity index is 496. The molecule has 1 heterocycles. The summed E-state index contributed by atoms with van der Waals surface area (Å²) in [6, 6.07) is 10.8. The molecule has 1 aromatic heterocycles. The number of carbonyl (C=O) groups excluding carboxylic acids is 1. The number of aromatic nitrogens is 1. The number of rotatable bonds is 3. The molecule has 0 fully saturated rings. The van der Waals surface area contributed by atoms with Gasteiger partial charge in [0, 0.05) is 12.4 Å². The van der Waals surface area contributed by atoms with E-state index in [0.29, 0.717) is 0 Å². The maximum Gasteiger partial charge on any atom is 0.330 e. The van der Waals surface area contributed by atoms with Gasteiger partial charge in [0.25, 0.3) is 0 Å². The highest BCUT2D eigenvalue weighted by Gasteiger charge is 1.97. The van der Waals surface area contributed by atoms with E-state index >= 15 is 0 Å². The largest absolute Gasteiger partial charge is 0.350 e. The first-order chi connectivity index (χ1) is 8.25. The molecular formula is C12H12N4O. The van der Waals surface area contributed by atoms with E-state index in [0.717, 1.165) is 16.8 Å². The number of hydrazine groups is 1. The zero-order valence-electron chi connectivity index (χ0n) is 9.05. The second-order valence-corrected chi connectivity index (χ2v) is 3.43. The molecule has 17 heavy (non-hydrogen) atoms. The maximum atomic E-state index is 10.5. The molecule has 4 N–H and O–H groups in total. The first kappa shape index (κ1) is 10.9. The Labute approximate surface area is 98.6 Å². The van der Waals surface area contributed by atoms with E-state index in [2.05, 4.69) is 15.8 Å². The number of anilines is 1. The summed E-state index contributed by atoms with van der Waals surface area (Å²) in [5.41, 5.74) is 12.8. The minimum absolute atomic E-state index is 0.624. The van der Waals surface area contributed by atoms with Gasteiger partial charge in [0.05, 0.1) is 5.69 Å². The molecule has 2 rings (SSSR count). The summed E-state index contributed by atoms with van der Waals surface area (Å²) in [6.45, 7) is 0. The molecular weight excluding hydrogens is 216 g/mol. The molecule has 1 aromatic carbocycles. The predicted octanol–water partition coefficient (Wildman–Crippen LogP) is 1.74. The minimum atomic E-state index is -0.624. The summed E-state index contributed by atoms with van der Waals surface area (Å²) in [7, 11) is 0. The summed E-state index contributed by atoms with van der Waals surface area (Å²) < 4.78 is 0. The predicted molar refractivity (Wildman–Crippen MR) is 66.0 cm³/mol. The third kappa shape index (κ3) is 2.94. The van der Waals surface area contributed by atoms with Gasteiger partial charge in [-0.15, -0.1) is 0 Å². The van der Waals surface area contributed by atoms with Crippen LogP contribution in [0.1, 0.15) is 0 Å². The van der Waals surface area contributed by atoms with E-state index in [9.17, 15) is 4.79 Å². The second kappa shape index (κ2) is 4.98. The SMILES string of the molecule is NC(=O)NNc1ccc(-c2cccnc2)cc1. The Hall–Kier alpha value is -2.56. The van der Waals surface area contributed by atoms with Gasteiger partial charge in [-0.05, 0) is 29.3 Å². The van der Waals surface area contributed by atoms with Gasteiger partial charge >= 0.3 is 6.03 Å². The lowest BCUT2D eigenvalue weighted by atomic mass is 10.1. The van der Waals surface area contributed by atoms with Gasteiger partial charge in [0.15, 0.2) is 0 Å². The van der Waals surface area contributed by atoms with Crippen molar-refractivity contribution in [2.45, 2.75) is 0 Å². The fourth-order valence-electron chi connectivity index (χ4n) is 1.41. The maximum absolute atomic E-state index is 10.5. The van der Waals surface area contributed by atoms with Crippen molar-refractivity contribution in [1.82, 2.24) is 10.4 Å². The summed E-state index contributed by atoms with van der Waals surface area (Å²) in [5.74, 6) is 0. The lowest BCUT2D eigenvalue weighted by molar-refractivity contribution is 0.250. The molecule has 5 nitrogen and oxygen atoms in total. The Morgan fingerprint density at radius 3 is 2.47 bits per heavy atom. The molecule has 0 saturated heterocycles. The molecule has 5 heteroatoms. The van der Waals surface area contributed by atoms with Crippen LogP contribution in [0.5, 0.6) is 0 Å². The van der Waals surface area contributed by atoms with Gasteiger partial charge in [-0.1, -0.05) is 18.2 Å². The van der Waals surface area contributed by atoms with Crippen LogP contribution in [-0.2, 0) is 0 Å². The van der Waals surface area contributed by atoms with E-state index in [1.54, 1.807) is 12.4 Å². The first-order valence-electron chi connectivity index (χ1n) is 5.07. The van der Waals surface area contributed by atoms with Crippen LogP contribution in [0.15, 0.2) is 48.8 Å². The Morgan fingerprint density at radius 1 is 1.12 bits per heavy atom. The van der Waals surface area contributed by atoms with Crippen molar-refractivity contribution >= 4 is 11.7 Å². The number of nitrogens with two attached hydrogens (primary N) is 1. The van der Waals surface area contributed by atoms with Crippen molar-refractivity contribution < 1.29 is 4.79 Å². The number of nitrogens with one attached hydrogen (secondary N) is 2. The van der Waals surface area contributed by atoms with Crippen LogP contribution in [0.2, 0.25) is 0 Å². The summed E-state index contributed by atoms with van der Waals surface area (Å²) in [5, 5.41) is 0. The van der Waals surface area contributed by atoms with Gasteiger partial charge in [-0.25, -0.2) is 4.79 Å². The van der Waals surface area contributed by atoms with E-state index in [4.69, 9.17) is 5.73 Å². The number of amides is 2. The van der Waals surface area contributed by atoms with Gasteiger partial charge in [-0.2, -0.15) is 0 Å². The molecule has 0 atom stereocenters. The number of nitrogens with zero attached hydrogens (tertiary/aromatic N) is 1. The topological polar surface area (TPSA) is 80.0 Å². The molecule has 86 valence electrons. The molecule has 2 amide bonds. The van der Waals surface area contributed by atoms with Crippen LogP contribution in [-0.4, -0.2) is 11.0 Å². The van der Waals surface area contributed by atoms with Gasteiger partial charge < -0.3 is 5.73 Å². The monoisotopic (exact) mass is 228 g/mol. The zero-order chi connectivity index (χ0) is 12.1. The molecule has 0 aliphatic rings. The number of primary amides is 1. The van der Waals surface area contributed by atoms with E-state index < -0.39 is 6.03 Å². The highest BCUT2D eigenvalue weighted by atomic mass is 16.2. The number of carbonyl (C=O) groups is 1. The lowest BCUT2D eigenvalue weighted by Gasteiger charge is -2.07. The summed E-state index contributed by atoms with van der Waals surface area (Å²) in [6.07, 6.45) is 3.53. The van der Waals surface area contributed by atoms with Crippen LogP contribution in [0, 0.1) is 0 Å². The highest BCUT2D eigenvalue weighted by Crippen LogP contribution is 2.19. The smallest absolute Gasteiger partial charge is 0.330 e. The number of pyridine rings is 1. The van der Waals surface area contributed by atoms with Crippen LogP contribution in [0.25, 0.3) is 11.1 Å². The quantitative estimate of drug-likeness (QED) is 0.700. The molecule has 2 aromatic rings. The van der Waals surface area contributed by atoms with Crippen LogP contribution in [0.3, 0.4) is 0 Å². The third-order valence-corrected chi connectivity index (χ3v) is 2.21. The molecule has 0 aliphatic heterocycles. The average molecular weight is 228 g/mol. The van der Waals surface area contributed by atoms with Gasteiger partial charge in [0.2, 0.25) is 0 Å². The van der Waals surface area contributed by atoms with E-state index in [-0.39, 0.29) is 0 Å². The number of urea groups is 1. The Kier molecular flexibility index (Phi) is 3.20. The van der Waals surface area contributed by atoms with Crippen molar-refractivity contribution in [3.8, 4) is 11.1 Å². The average Bonchev–Trinajstić information content (AvgIpc) is 2.38. The third-order valence-electron chi connectivity index (χ3n) is 2.21. The van der Waals surface area contributed by atoms with Crippen molar-refractivity contribution in [2.24, 2.45) is 5.73 Å². The fourth-order valence-corrected chi connectivity index (χ4v) is 1.41. The van der Waals surface area contributed by atoms with Gasteiger partial charge in [0.1, 0.15) is 0 Å². The highest BCUT2D eigenvalue weighted by molar-refractivity contribution is 5.73. The minimum Gasteiger partial charge on any atom is -0.350 e. The van der Waals surface area contributed by atoms with Crippen LogP contribution >= 0.6 is 0 Å². The molecule has 0 saturated carbocycles.